The molecule has 1 aromatic carbocycles. The zero-order valence-electron chi connectivity index (χ0n) is 17.2. The van der Waals surface area contributed by atoms with Crippen molar-refractivity contribution in [2.45, 2.75) is 13.8 Å². The summed E-state index contributed by atoms with van der Waals surface area (Å²) in [5, 5.41) is 0. The monoisotopic (exact) mass is 390 g/mol. The number of nitrogens with zero attached hydrogens (tertiary/aromatic N) is 4. The van der Waals surface area contributed by atoms with Gasteiger partial charge in [-0.25, -0.2) is 4.79 Å². The van der Waals surface area contributed by atoms with Gasteiger partial charge in [0.15, 0.2) is 6.61 Å². The molecule has 0 radical (unpaired) electrons. The molecule has 0 aliphatic carbocycles. The zero-order valence-corrected chi connectivity index (χ0v) is 17.2. The Bertz CT molecular complexity index is 695. The molecule has 1 aliphatic rings. The predicted octanol–water partition coefficient (Wildman–Crippen LogP) is 1.37. The largest absolute Gasteiger partial charge is 0.483 e. The van der Waals surface area contributed by atoms with Gasteiger partial charge in [0.1, 0.15) is 5.75 Å². The lowest BCUT2D eigenvalue weighted by Crippen LogP contribution is -2.54. The van der Waals surface area contributed by atoms with Gasteiger partial charge in [-0.1, -0.05) is 12.1 Å². The molecule has 8 heteroatoms. The molecule has 1 heterocycles. The number of likely N-dealkylation sites (N-methyl/N-ethyl adjacent to an activating group) is 1. The number of para-hydroxylation sites is 1. The number of amides is 4. The fraction of sp³-hybridized carbons (Fsp3) is 0.550. The molecule has 154 valence electrons. The molecule has 1 aliphatic heterocycles. The molecule has 1 aromatic rings. The molecule has 0 N–H and O–H groups in total. The van der Waals surface area contributed by atoms with E-state index in [2.05, 4.69) is 0 Å². The Labute approximate surface area is 166 Å². The number of rotatable bonds is 6. The number of hydrogen-bond acceptors (Lipinski definition) is 4. The van der Waals surface area contributed by atoms with E-state index in [1.807, 2.05) is 13.8 Å². The van der Waals surface area contributed by atoms with Crippen molar-refractivity contribution in [1.82, 2.24) is 19.6 Å². The number of hydrogen-bond donors (Lipinski definition) is 0. The highest BCUT2D eigenvalue weighted by atomic mass is 16.5. The van der Waals surface area contributed by atoms with Gasteiger partial charge in [0.25, 0.3) is 11.8 Å². The van der Waals surface area contributed by atoms with Crippen LogP contribution in [-0.4, -0.2) is 97.4 Å². The molecule has 0 atom stereocenters. The predicted molar refractivity (Wildman–Crippen MR) is 106 cm³/mol. The minimum Gasteiger partial charge on any atom is -0.483 e. The van der Waals surface area contributed by atoms with Crippen LogP contribution in [0.1, 0.15) is 24.2 Å². The Morgan fingerprint density at radius 2 is 1.54 bits per heavy atom. The van der Waals surface area contributed by atoms with Gasteiger partial charge >= 0.3 is 6.03 Å². The molecular formula is C20H30N4O4. The fourth-order valence-electron chi connectivity index (χ4n) is 3.00. The van der Waals surface area contributed by atoms with Crippen LogP contribution in [0.4, 0.5) is 4.79 Å². The number of ether oxygens (including phenoxy) is 1. The van der Waals surface area contributed by atoms with E-state index in [9.17, 15) is 14.4 Å². The summed E-state index contributed by atoms with van der Waals surface area (Å²) in [6, 6.07) is 6.95. The highest BCUT2D eigenvalue weighted by molar-refractivity contribution is 5.97. The maximum atomic E-state index is 13.0. The van der Waals surface area contributed by atoms with Gasteiger partial charge < -0.3 is 24.3 Å². The molecule has 0 bridgehead atoms. The van der Waals surface area contributed by atoms with E-state index in [-0.39, 0.29) is 24.5 Å². The van der Waals surface area contributed by atoms with Crippen LogP contribution in [0.2, 0.25) is 0 Å². The van der Waals surface area contributed by atoms with E-state index >= 15 is 0 Å². The zero-order chi connectivity index (χ0) is 20.7. The van der Waals surface area contributed by atoms with Crippen LogP contribution in [0, 0.1) is 0 Å². The van der Waals surface area contributed by atoms with E-state index in [4.69, 9.17) is 4.74 Å². The summed E-state index contributed by atoms with van der Waals surface area (Å²) >= 11 is 0. The second-order valence-electron chi connectivity index (χ2n) is 6.81. The second kappa shape index (κ2) is 9.96. The highest BCUT2D eigenvalue weighted by Crippen LogP contribution is 2.21. The first-order valence-electron chi connectivity index (χ1n) is 9.64. The molecule has 0 aromatic heterocycles. The minimum absolute atomic E-state index is 0.0167. The smallest absolute Gasteiger partial charge is 0.320 e. The fourth-order valence-corrected chi connectivity index (χ4v) is 3.00. The van der Waals surface area contributed by atoms with E-state index < -0.39 is 0 Å². The molecular weight excluding hydrogens is 360 g/mol. The molecule has 1 fully saturated rings. The number of carbonyl (C=O) groups is 3. The molecule has 28 heavy (non-hydrogen) atoms. The van der Waals surface area contributed by atoms with Crippen molar-refractivity contribution in [2.24, 2.45) is 0 Å². The van der Waals surface area contributed by atoms with Crippen LogP contribution in [0.5, 0.6) is 5.75 Å². The van der Waals surface area contributed by atoms with Crippen LogP contribution in [-0.2, 0) is 4.79 Å². The standard InChI is InChI=1S/C20H30N4O4/c1-5-22(6-2)20(27)24-13-11-23(12-14-24)19(26)16-9-7-8-10-17(16)28-15-18(25)21(3)4/h7-10H,5-6,11-15H2,1-4H3. The normalized spacial score (nSPS) is 13.9. The van der Waals surface area contributed by atoms with E-state index in [0.717, 1.165) is 0 Å². The SMILES string of the molecule is CCN(CC)C(=O)N1CCN(C(=O)c2ccccc2OCC(=O)N(C)C)CC1. The molecule has 0 saturated carbocycles. The minimum atomic E-state index is -0.175. The molecule has 2 rings (SSSR count). The van der Waals surface area contributed by atoms with Gasteiger partial charge in [-0.3, -0.25) is 9.59 Å². The van der Waals surface area contributed by atoms with Gasteiger partial charge in [-0.05, 0) is 26.0 Å². The van der Waals surface area contributed by atoms with Crippen LogP contribution >= 0.6 is 0 Å². The third-order valence-corrected chi connectivity index (χ3v) is 4.84. The van der Waals surface area contributed by atoms with Crippen LogP contribution < -0.4 is 4.74 Å². The Kier molecular flexibility index (Phi) is 7.66. The Morgan fingerprint density at radius 3 is 2.11 bits per heavy atom. The van der Waals surface area contributed by atoms with E-state index in [0.29, 0.717) is 50.6 Å². The topological polar surface area (TPSA) is 73.4 Å². The third kappa shape index (κ3) is 5.15. The molecule has 0 unspecified atom stereocenters. The first-order valence-corrected chi connectivity index (χ1v) is 9.64. The van der Waals surface area contributed by atoms with Crippen LogP contribution in [0.3, 0.4) is 0 Å². The number of carbonyl (C=O) groups excluding carboxylic acids is 3. The van der Waals surface area contributed by atoms with Crippen molar-refractivity contribution in [3.8, 4) is 5.75 Å². The van der Waals surface area contributed by atoms with Crippen LogP contribution in [0.25, 0.3) is 0 Å². The summed E-state index contributed by atoms with van der Waals surface area (Å²) in [5.74, 6) is 0.0676. The van der Waals surface area contributed by atoms with Gasteiger partial charge in [0, 0.05) is 53.4 Å². The quantitative estimate of drug-likeness (QED) is 0.735. The van der Waals surface area contributed by atoms with Gasteiger partial charge in [-0.2, -0.15) is 0 Å². The average molecular weight is 390 g/mol. The van der Waals surface area contributed by atoms with E-state index in [1.54, 1.807) is 53.1 Å². The van der Waals surface area contributed by atoms with Gasteiger partial charge in [0.05, 0.1) is 5.56 Å². The van der Waals surface area contributed by atoms with Crippen molar-refractivity contribution >= 4 is 17.8 Å². The van der Waals surface area contributed by atoms with Crippen molar-refractivity contribution < 1.29 is 19.1 Å². The highest BCUT2D eigenvalue weighted by Gasteiger charge is 2.28. The Hall–Kier alpha value is -2.77. The lowest BCUT2D eigenvalue weighted by atomic mass is 10.1. The maximum Gasteiger partial charge on any atom is 0.320 e. The van der Waals surface area contributed by atoms with Gasteiger partial charge in [-0.15, -0.1) is 0 Å². The summed E-state index contributed by atoms with van der Waals surface area (Å²) in [4.78, 5) is 43.9. The average Bonchev–Trinajstić information content (AvgIpc) is 2.72. The molecule has 4 amide bonds. The van der Waals surface area contributed by atoms with Crippen molar-refractivity contribution in [1.29, 1.82) is 0 Å². The summed E-state index contributed by atoms with van der Waals surface area (Å²) < 4.78 is 5.58. The van der Waals surface area contributed by atoms with E-state index in [1.165, 1.54) is 4.90 Å². The Balaban J connectivity index is 2.00. The lowest BCUT2D eigenvalue weighted by molar-refractivity contribution is -0.130. The van der Waals surface area contributed by atoms with Crippen LogP contribution in [0.15, 0.2) is 24.3 Å². The molecule has 8 nitrogen and oxygen atoms in total. The molecule has 1 saturated heterocycles. The number of urea groups is 1. The van der Waals surface area contributed by atoms with Crippen molar-refractivity contribution in [2.75, 3.05) is 60.0 Å². The summed E-state index contributed by atoms with van der Waals surface area (Å²) in [6.07, 6.45) is 0. The number of piperazine rings is 1. The first-order chi connectivity index (χ1) is 13.4. The number of benzene rings is 1. The first kappa shape index (κ1) is 21.5. The third-order valence-electron chi connectivity index (χ3n) is 4.84. The second-order valence-corrected chi connectivity index (χ2v) is 6.81. The summed E-state index contributed by atoms with van der Waals surface area (Å²) in [6.45, 7) is 7.08. The lowest BCUT2D eigenvalue weighted by Gasteiger charge is -2.37. The van der Waals surface area contributed by atoms with Gasteiger partial charge in [0.2, 0.25) is 0 Å². The molecule has 0 spiro atoms. The van der Waals surface area contributed by atoms with Crippen molar-refractivity contribution in [3.05, 3.63) is 29.8 Å². The summed E-state index contributed by atoms with van der Waals surface area (Å²) in [7, 11) is 3.31. The van der Waals surface area contributed by atoms with Crippen molar-refractivity contribution in [3.63, 3.8) is 0 Å². The maximum absolute atomic E-state index is 13.0. The Morgan fingerprint density at radius 1 is 0.964 bits per heavy atom. The summed E-state index contributed by atoms with van der Waals surface area (Å²) in [5.41, 5.74) is 0.428.